The first-order valence-corrected chi connectivity index (χ1v) is 12.8. The number of carbonyl (C=O) groups excluding carboxylic acids is 2. The van der Waals surface area contributed by atoms with Crippen LogP contribution in [0.15, 0.2) is 109 Å². The molecule has 4 heteroatoms. The average Bonchev–Trinajstić information content (AvgIpc) is 2.94. The summed E-state index contributed by atoms with van der Waals surface area (Å²) in [5, 5.41) is 0. The summed E-state index contributed by atoms with van der Waals surface area (Å²) in [4.78, 5) is 28.2. The van der Waals surface area contributed by atoms with Gasteiger partial charge in [0.1, 0.15) is 11.6 Å². The summed E-state index contributed by atoms with van der Waals surface area (Å²) >= 11 is 0. The van der Waals surface area contributed by atoms with Crippen molar-refractivity contribution in [1.29, 1.82) is 0 Å². The molecular weight excluding hydrogens is 478 g/mol. The van der Waals surface area contributed by atoms with E-state index >= 15 is 0 Å². The van der Waals surface area contributed by atoms with Gasteiger partial charge in [0.15, 0.2) is 11.6 Å². The van der Waals surface area contributed by atoms with Crippen molar-refractivity contribution in [3.63, 3.8) is 0 Å². The fourth-order valence-electron chi connectivity index (χ4n) is 5.94. The van der Waals surface area contributed by atoms with E-state index in [1.54, 1.807) is 0 Å². The van der Waals surface area contributed by atoms with Crippen molar-refractivity contribution in [2.24, 2.45) is 23.7 Å². The van der Waals surface area contributed by atoms with Gasteiger partial charge in [-0.05, 0) is 82.6 Å². The van der Waals surface area contributed by atoms with Crippen LogP contribution in [0, 0.1) is 35.3 Å². The lowest BCUT2D eigenvalue weighted by molar-refractivity contribution is 0.0763. The lowest BCUT2D eigenvalue weighted by Crippen LogP contribution is -2.41. The average molecular weight is 507 g/mol. The Kier molecular flexibility index (Phi) is 7.15. The maximum absolute atomic E-state index is 14.2. The Morgan fingerprint density at radius 2 is 0.974 bits per heavy atom. The van der Waals surface area contributed by atoms with Crippen LogP contribution in [0.2, 0.25) is 0 Å². The summed E-state index contributed by atoms with van der Waals surface area (Å²) in [6.07, 6.45) is 0. The molecule has 5 rings (SSSR count). The van der Waals surface area contributed by atoms with Gasteiger partial charge >= 0.3 is 0 Å². The van der Waals surface area contributed by atoms with Gasteiger partial charge in [0.2, 0.25) is 0 Å². The number of carbonyl (C=O) groups is 2. The van der Waals surface area contributed by atoms with Gasteiger partial charge in [-0.25, -0.2) is 8.78 Å². The fraction of sp³-hybridized carbons (Fsp3) is 0.176. The first-order valence-electron chi connectivity index (χ1n) is 12.8. The lowest BCUT2D eigenvalue weighted by Gasteiger charge is -2.42. The minimum atomic E-state index is -0.649. The number of halogens is 2. The molecule has 4 atom stereocenters. The molecule has 4 aromatic rings. The van der Waals surface area contributed by atoms with Crippen molar-refractivity contribution >= 4 is 22.7 Å². The predicted molar refractivity (Wildman–Crippen MR) is 146 cm³/mol. The zero-order valence-electron chi connectivity index (χ0n) is 21.3. The first kappa shape index (κ1) is 25.5. The summed E-state index contributed by atoms with van der Waals surface area (Å²) in [6.45, 7) is 3.98. The van der Waals surface area contributed by atoms with Crippen LogP contribution in [0.1, 0.15) is 45.7 Å². The van der Waals surface area contributed by atoms with Gasteiger partial charge in [0.05, 0.1) is 5.92 Å². The summed E-state index contributed by atoms with van der Waals surface area (Å²) in [5.74, 6) is -2.88. The Bertz CT molecular complexity index is 1470. The predicted octanol–water partition coefficient (Wildman–Crippen LogP) is 8.16. The van der Waals surface area contributed by atoms with E-state index in [9.17, 15) is 18.4 Å². The second-order valence-electron chi connectivity index (χ2n) is 9.95. The van der Waals surface area contributed by atoms with Crippen LogP contribution in [0.3, 0.4) is 0 Å². The first-order chi connectivity index (χ1) is 18.4. The normalized spacial score (nSPS) is 21.3. The minimum absolute atomic E-state index is 0.123. The third-order valence-electron chi connectivity index (χ3n) is 7.70. The van der Waals surface area contributed by atoms with E-state index in [4.69, 9.17) is 0 Å². The van der Waals surface area contributed by atoms with E-state index in [1.807, 2.05) is 74.5 Å². The molecule has 38 heavy (non-hydrogen) atoms. The van der Waals surface area contributed by atoms with Crippen molar-refractivity contribution in [2.75, 3.05) is 0 Å². The van der Waals surface area contributed by atoms with E-state index in [1.165, 1.54) is 48.5 Å². The van der Waals surface area contributed by atoms with E-state index in [-0.39, 0.29) is 23.4 Å². The highest BCUT2D eigenvalue weighted by molar-refractivity contribution is 6.12. The van der Waals surface area contributed by atoms with Gasteiger partial charge in [-0.1, -0.05) is 74.5 Å². The maximum atomic E-state index is 14.2. The number of hydrogen-bond donors (Lipinski definition) is 0. The van der Waals surface area contributed by atoms with Crippen molar-refractivity contribution in [2.45, 2.75) is 13.8 Å². The second-order valence-corrected chi connectivity index (χ2v) is 9.95. The molecule has 0 saturated heterocycles. The van der Waals surface area contributed by atoms with Gasteiger partial charge in [0.25, 0.3) is 0 Å². The smallest absolute Gasteiger partial charge is 0.170 e. The monoisotopic (exact) mass is 506 g/mol. The zero-order valence-corrected chi connectivity index (χ0v) is 21.3. The zero-order chi connectivity index (χ0) is 26.8. The number of hydrogen-bond acceptors (Lipinski definition) is 2. The quantitative estimate of drug-likeness (QED) is 0.247. The number of ketones is 2. The molecule has 0 amide bonds. The van der Waals surface area contributed by atoms with Crippen molar-refractivity contribution in [3.05, 3.63) is 143 Å². The van der Waals surface area contributed by atoms with Crippen LogP contribution in [0.5, 0.6) is 0 Å². The van der Waals surface area contributed by atoms with Gasteiger partial charge < -0.3 is 0 Å². The van der Waals surface area contributed by atoms with Crippen LogP contribution in [-0.4, -0.2) is 11.6 Å². The van der Waals surface area contributed by atoms with E-state index in [0.717, 1.165) is 22.3 Å². The molecule has 0 unspecified atom stereocenters. The lowest BCUT2D eigenvalue weighted by atomic mass is 9.59. The summed E-state index contributed by atoms with van der Waals surface area (Å²) in [7, 11) is 0. The Morgan fingerprint density at radius 1 is 0.553 bits per heavy atom. The van der Waals surface area contributed by atoms with Gasteiger partial charge in [-0.3, -0.25) is 9.59 Å². The molecule has 0 N–H and O–H groups in total. The van der Waals surface area contributed by atoms with Gasteiger partial charge in [-0.15, -0.1) is 0 Å². The highest BCUT2D eigenvalue weighted by Crippen LogP contribution is 2.52. The van der Waals surface area contributed by atoms with Crippen LogP contribution in [-0.2, 0) is 0 Å². The molecule has 190 valence electrons. The molecule has 0 heterocycles. The molecule has 0 aromatic heterocycles. The highest BCUT2D eigenvalue weighted by Gasteiger charge is 2.47. The van der Waals surface area contributed by atoms with E-state index < -0.39 is 23.5 Å². The summed E-state index contributed by atoms with van der Waals surface area (Å²) in [5.41, 5.74) is 4.49. The number of benzene rings is 4. The topological polar surface area (TPSA) is 34.1 Å². The van der Waals surface area contributed by atoms with Crippen LogP contribution in [0.4, 0.5) is 8.78 Å². The number of allylic oxidation sites excluding steroid dienone is 2. The Labute approximate surface area is 221 Å². The van der Waals surface area contributed by atoms with Crippen LogP contribution < -0.4 is 0 Å². The second kappa shape index (κ2) is 10.7. The molecule has 0 aliphatic heterocycles. The molecule has 1 aliphatic carbocycles. The highest BCUT2D eigenvalue weighted by atomic mass is 19.1. The van der Waals surface area contributed by atoms with Crippen molar-refractivity contribution in [3.8, 4) is 0 Å². The number of Topliss-reactive ketones (excluding diaryl/α,β-unsaturated/α-hetero) is 2. The van der Waals surface area contributed by atoms with Gasteiger partial charge in [-0.2, -0.15) is 0 Å². The van der Waals surface area contributed by atoms with Crippen molar-refractivity contribution in [1.82, 2.24) is 0 Å². The maximum Gasteiger partial charge on any atom is 0.170 e. The van der Waals surface area contributed by atoms with Crippen LogP contribution >= 0.6 is 0 Å². The Hall–Kier alpha value is -4.18. The third-order valence-corrected chi connectivity index (χ3v) is 7.70. The van der Waals surface area contributed by atoms with Gasteiger partial charge in [0, 0.05) is 17.0 Å². The largest absolute Gasteiger partial charge is 0.294 e. The van der Waals surface area contributed by atoms with Crippen molar-refractivity contribution < 1.29 is 18.4 Å². The molecule has 0 spiro atoms. The van der Waals surface area contributed by atoms with Crippen LogP contribution in [0.25, 0.3) is 11.1 Å². The standard InChI is InChI=1S/C34H28F2O2/c1-21-29(33(37)25-13-17-27(35)18-14-25)22(2)31(34(38)26-15-19-28(36)20-16-26)32(24-11-7-4-8-12-24)30(21)23-9-5-3-6-10-23/h3-22,29,31H,1-2H3/t21-,22+,29+,31-/m1/s1. The van der Waals surface area contributed by atoms with E-state index in [2.05, 4.69) is 0 Å². The Morgan fingerprint density at radius 3 is 1.45 bits per heavy atom. The molecule has 1 aliphatic rings. The molecule has 2 nitrogen and oxygen atoms in total. The molecule has 0 fully saturated rings. The summed E-state index contributed by atoms with van der Waals surface area (Å²) < 4.78 is 27.4. The Balaban J connectivity index is 1.76. The molecule has 0 bridgehead atoms. The third kappa shape index (κ3) is 4.74. The minimum Gasteiger partial charge on any atom is -0.294 e. The fourth-order valence-corrected chi connectivity index (χ4v) is 5.94. The number of rotatable bonds is 6. The summed E-state index contributed by atoms with van der Waals surface area (Å²) in [6, 6.07) is 30.8. The molecular formula is C34H28F2O2. The molecule has 0 radical (unpaired) electrons. The van der Waals surface area contributed by atoms with E-state index in [0.29, 0.717) is 11.1 Å². The SMILES string of the molecule is C[C@@H]1[C@@H](C(=O)c2ccc(F)cc2)C(c2ccccc2)=C(c2ccccc2)[C@H](C)[C@@H]1C(=O)c1ccc(F)cc1. The molecule has 4 aromatic carbocycles. The molecule has 0 saturated carbocycles.